The van der Waals surface area contributed by atoms with Crippen LogP contribution in [-0.4, -0.2) is 14.4 Å². The fourth-order valence-electron chi connectivity index (χ4n) is 3.58. The second kappa shape index (κ2) is 9.11. The summed E-state index contributed by atoms with van der Waals surface area (Å²) >= 11 is 0. The number of benzene rings is 3. The molecule has 7 heteroatoms. The first kappa shape index (κ1) is 22.6. The lowest BCUT2D eigenvalue weighted by Gasteiger charge is -2.10. The van der Waals surface area contributed by atoms with Gasteiger partial charge in [0.1, 0.15) is 23.5 Å². The summed E-state index contributed by atoms with van der Waals surface area (Å²) in [5.74, 6) is 0.188. The molecule has 1 N–H and O–H groups in total. The van der Waals surface area contributed by atoms with Crippen LogP contribution in [0.1, 0.15) is 47.0 Å². The third-order valence-electron chi connectivity index (χ3n) is 5.39. The van der Waals surface area contributed by atoms with Gasteiger partial charge in [-0.1, -0.05) is 56.3 Å². The van der Waals surface area contributed by atoms with E-state index < -0.39 is 16.0 Å². The highest BCUT2D eigenvalue weighted by atomic mass is 32.2. The zero-order chi connectivity index (χ0) is 23.6. The van der Waals surface area contributed by atoms with E-state index in [1.165, 1.54) is 0 Å². The number of carbonyl (C=O) groups excluding carboxylic acids is 1. The molecule has 3 aromatic carbocycles. The highest BCUT2D eigenvalue weighted by molar-refractivity contribution is 7.92. The first-order chi connectivity index (χ1) is 15.7. The van der Waals surface area contributed by atoms with E-state index >= 15 is 0 Å². The van der Waals surface area contributed by atoms with Crippen molar-refractivity contribution in [2.45, 2.75) is 38.2 Å². The molecule has 1 aromatic heterocycles. The Bertz CT molecular complexity index is 1390. The minimum Gasteiger partial charge on any atom is -0.460 e. The number of hydrogen-bond acceptors (Lipinski definition) is 5. The van der Waals surface area contributed by atoms with Gasteiger partial charge in [0.2, 0.25) is 0 Å². The van der Waals surface area contributed by atoms with Crippen LogP contribution >= 0.6 is 0 Å². The SMILES string of the molecule is Cc1oc2ccc(NS(=O)(=O)c3ccc(C(C)C)cc3)cc2c1C(=O)OCc1ccccc1. The predicted octanol–water partition coefficient (Wildman–Crippen LogP) is 6.02. The standard InChI is InChI=1S/C26H25NO5S/c1-17(2)20-9-12-22(13-10-20)33(29,30)27-21-11-14-24-23(15-21)25(18(3)32-24)26(28)31-16-19-7-5-4-6-8-19/h4-15,17,27H,16H2,1-3H3. The minimum absolute atomic E-state index is 0.129. The molecule has 0 atom stereocenters. The van der Waals surface area contributed by atoms with Crippen molar-refractivity contribution in [3.8, 4) is 0 Å². The largest absolute Gasteiger partial charge is 0.460 e. The monoisotopic (exact) mass is 463 g/mol. The maximum atomic E-state index is 12.9. The smallest absolute Gasteiger partial charge is 0.342 e. The Kier molecular flexibility index (Phi) is 6.24. The van der Waals surface area contributed by atoms with Gasteiger partial charge in [-0.05, 0) is 54.3 Å². The molecule has 4 rings (SSSR count). The Morgan fingerprint density at radius 1 is 1.00 bits per heavy atom. The van der Waals surface area contributed by atoms with Gasteiger partial charge in [-0.15, -0.1) is 0 Å². The number of hydrogen-bond donors (Lipinski definition) is 1. The van der Waals surface area contributed by atoms with E-state index in [9.17, 15) is 13.2 Å². The van der Waals surface area contributed by atoms with Crippen molar-refractivity contribution in [3.05, 3.63) is 95.2 Å². The lowest BCUT2D eigenvalue weighted by atomic mass is 10.0. The Morgan fingerprint density at radius 3 is 2.36 bits per heavy atom. The summed E-state index contributed by atoms with van der Waals surface area (Å²) in [5.41, 5.74) is 3.01. The van der Waals surface area contributed by atoms with Crippen LogP contribution in [0.15, 0.2) is 82.1 Å². The quantitative estimate of drug-likeness (QED) is 0.339. The highest BCUT2D eigenvalue weighted by Crippen LogP contribution is 2.30. The molecule has 0 aliphatic rings. The van der Waals surface area contributed by atoms with Crippen molar-refractivity contribution in [3.63, 3.8) is 0 Å². The molecule has 0 aliphatic heterocycles. The van der Waals surface area contributed by atoms with Gasteiger partial charge in [-0.25, -0.2) is 13.2 Å². The maximum Gasteiger partial charge on any atom is 0.342 e. The summed E-state index contributed by atoms with van der Waals surface area (Å²) < 4.78 is 39.5. The molecule has 0 bridgehead atoms. The molecule has 0 unspecified atom stereocenters. The fourth-order valence-corrected chi connectivity index (χ4v) is 4.63. The first-order valence-corrected chi connectivity index (χ1v) is 12.1. The van der Waals surface area contributed by atoms with Crippen LogP contribution < -0.4 is 4.72 Å². The summed E-state index contributed by atoms with van der Waals surface area (Å²) in [6.07, 6.45) is 0. The van der Waals surface area contributed by atoms with Crippen LogP contribution in [0.5, 0.6) is 0 Å². The Balaban J connectivity index is 1.59. The number of rotatable bonds is 7. The third kappa shape index (κ3) is 4.93. The third-order valence-corrected chi connectivity index (χ3v) is 6.79. The van der Waals surface area contributed by atoms with Gasteiger partial charge in [-0.2, -0.15) is 0 Å². The summed E-state index contributed by atoms with van der Waals surface area (Å²) in [7, 11) is -3.79. The molecule has 4 aromatic rings. The Morgan fingerprint density at radius 2 is 1.70 bits per heavy atom. The van der Waals surface area contributed by atoms with Crippen molar-refractivity contribution in [2.24, 2.45) is 0 Å². The summed E-state index contributed by atoms with van der Waals surface area (Å²) in [4.78, 5) is 13.0. The average Bonchev–Trinajstić information content (AvgIpc) is 3.13. The van der Waals surface area contributed by atoms with Crippen molar-refractivity contribution < 1.29 is 22.4 Å². The zero-order valence-electron chi connectivity index (χ0n) is 18.7. The highest BCUT2D eigenvalue weighted by Gasteiger charge is 2.21. The molecule has 0 saturated carbocycles. The van der Waals surface area contributed by atoms with Gasteiger partial charge in [0, 0.05) is 11.1 Å². The molecule has 33 heavy (non-hydrogen) atoms. The van der Waals surface area contributed by atoms with Crippen molar-refractivity contribution in [1.29, 1.82) is 0 Å². The van der Waals surface area contributed by atoms with Gasteiger partial charge >= 0.3 is 5.97 Å². The second-order valence-corrected chi connectivity index (χ2v) is 9.82. The van der Waals surface area contributed by atoms with Crippen LogP contribution in [0.4, 0.5) is 5.69 Å². The van der Waals surface area contributed by atoms with E-state index in [4.69, 9.17) is 9.15 Å². The van der Waals surface area contributed by atoms with Crippen LogP contribution in [0.3, 0.4) is 0 Å². The minimum atomic E-state index is -3.79. The summed E-state index contributed by atoms with van der Waals surface area (Å²) in [6.45, 7) is 5.91. The van der Waals surface area contributed by atoms with E-state index in [1.807, 2.05) is 56.3 Å². The molecule has 0 spiro atoms. The number of fused-ring (bicyclic) bond motifs is 1. The summed E-state index contributed by atoms with van der Waals surface area (Å²) in [5, 5.41) is 0.487. The molecule has 0 saturated heterocycles. The number of ether oxygens (including phenoxy) is 1. The Hall–Kier alpha value is -3.58. The number of carbonyl (C=O) groups is 1. The van der Waals surface area contributed by atoms with Gasteiger partial charge < -0.3 is 9.15 Å². The molecule has 1 heterocycles. The molecule has 0 fully saturated rings. The molecule has 0 amide bonds. The van der Waals surface area contributed by atoms with Crippen LogP contribution in [0, 0.1) is 6.92 Å². The van der Waals surface area contributed by atoms with E-state index in [0.29, 0.717) is 28.3 Å². The van der Waals surface area contributed by atoms with Crippen LogP contribution in [0.25, 0.3) is 11.0 Å². The van der Waals surface area contributed by atoms with E-state index in [2.05, 4.69) is 4.72 Å². The van der Waals surface area contributed by atoms with Gasteiger partial charge in [0.05, 0.1) is 4.90 Å². The fraction of sp³-hybridized carbons (Fsp3) is 0.192. The van der Waals surface area contributed by atoms with Crippen molar-refractivity contribution in [2.75, 3.05) is 4.72 Å². The van der Waals surface area contributed by atoms with E-state index in [-0.39, 0.29) is 17.1 Å². The molecule has 0 aliphatic carbocycles. The first-order valence-electron chi connectivity index (χ1n) is 10.6. The van der Waals surface area contributed by atoms with Crippen molar-refractivity contribution in [1.82, 2.24) is 0 Å². The second-order valence-electron chi connectivity index (χ2n) is 8.14. The number of esters is 1. The predicted molar refractivity (Wildman–Crippen MR) is 128 cm³/mol. The van der Waals surface area contributed by atoms with Crippen LogP contribution in [0.2, 0.25) is 0 Å². The van der Waals surface area contributed by atoms with Gasteiger partial charge in [0.15, 0.2) is 0 Å². The van der Waals surface area contributed by atoms with E-state index in [0.717, 1.165) is 11.1 Å². The average molecular weight is 464 g/mol. The van der Waals surface area contributed by atoms with Gasteiger partial charge in [0.25, 0.3) is 10.0 Å². The lowest BCUT2D eigenvalue weighted by molar-refractivity contribution is 0.0473. The molecule has 0 radical (unpaired) electrons. The number of nitrogens with one attached hydrogen (secondary N) is 1. The molecular formula is C26H25NO5S. The summed E-state index contributed by atoms with van der Waals surface area (Å²) in [6, 6.07) is 21.0. The maximum absolute atomic E-state index is 12.9. The number of sulfonamides is 1. The lowest BCUT2D eigenvalue weighted by Crippen LogP contribution is -2.13. The molecule has 6 nitrogen and oxygen atoms in total. The number of aryl methyl sites for hydroxylation is 1. The van der Waals surface area contributed by atoms with Crippen LogP contribution in [-0.2, 0) is 21.4 Å². The molecule has 170 valence electrons. The topological polar surface area (TPSA) is 85.6 Å². The van der Waals surface area contributed by atoms with E-state index in [1.54, 1.807) is 37.3 Å². The number of furan rings is 1. The normalized spacial score (nSPS) is 11.6. The number of anilines is 1. The van der Waals surface area contributed by atoms with Crippen molar-refractivity contribution >= 4 is 32.6 Å². The molecular weight excluding hydrogens is 438 g/mol. The zero-order valence-corrected chi connectivity index (χ0v) is 19.5. The van der Waals surface area contributed by atoms with Gasteiger partial charge in [-0.3, -0.25) is 4.72 Å². The Labute approximate surface area is 193 Å².